The molecule has 0 saturated carbocycles. The van der Waals surface area contributed by atoms with Crippen LogP contribution in [0.4, 0.5) is 11.5 Å². The first-order valence-corrected chi connectivity index (χ1v) is 10.7. The van der Waals surface area contributed by atoms with Crippen molar-refractivity contribution in [1.82, 2.24) is 9.88 Å². The predicted octanol–water partition coefficient (Wildman–Crippen LogP) is 2.58. The molecule has 31 heavy (non-hydrogen) atoms. The average Bonchev–Trinajstić information content (AvgIpc) is 3.26. The van der Waals surface area contributed by atoms with E-state index in [9.17, 15) is 9.59 Å². The second-order valence-electron chi connectivity index (χ2n) is 7.29. The van der Waals surface area contributed by atoms with Crippen LogP contribution >= 0.6 is 11.6 Å². The number of carbonyl (C=O) groups excluding carboxylic acids is 2. The smallest absolute Gasteiger partial charge is 0.354 e. The highest BCUT2D eigenvalue weighted by Crippen LogP contribution is 2.28. The van der Waals surface area contributed by atoms with Crippen LogP contribution in [0.5, 0.6) is 0 Å². The zero-order chi connectivity index (χ0) is 21.8. The Hall–Kier alpha value is -3.13. The number of anilines is 2. The number of nitrogens with zero attached hydrogens (tertiary/aromatic N) is 5. The molecular formula is C22H24ClN5O3. The summed E-state index contributed by atoms with van der Waals surface area (Å²) in [6.07, 6.45) is 1.93. The first-order valence-electron chi connectivity index (χ1n) is 10.3. The van der Waals surface area contributed by atoms with Gasteiger partial charge in [0.2, 0.25) is 5.91 Å². The van der Waals surface area contributed by atoms with Gasteiger partial charge < -0.3 is 14.5 Å². The van der Waals surface area contributed by atoms with Crippen LogP contribution in [-0.2, 0) is 14.3 Å². The van der Waals surface area contributed by atoms with E-state index in [1.807, 2.05) is 41.3 Å². The van der Waals surface area contributed by atoms with Crippen LogP contribution in [0.2, 0.25) is 5.02 Å². The third kappa shape index (κ3) is 4.49. The first-order chi connectivity index (χ1) is 15.1. The second-order valence-corrected chi connectivity index (χ2v) is 7.70. The third-order valence-electron chi connectivity index (χ3n) is 5.36. The van der Waals surface area contributed by atoms with Crippen LogP contribution in [0.15, 0.2) is 53.8 Å². The van der Waals surface area contributed by atoms with Crippen LogP contribution in [0.1, 0.15) is 13.3 Å². The summed E-state index contributed by atoms with van der Waals surface area (Å²) in [5, 5.41) is 6.67. The second kappa shape index (κ2) is 9.34. The Kier molecular flexibility index (Phi) is 6.36. The molecule has 4 rings (SSSR count). The van der Waals surface area contributed by atoms with Gasteiger partial charge in [0.15, 0.2) is 0 Å². The molecule has 0 spiro atoms. The summed E-state index contributed by atoms with van der Waals surface area (Å²) in [7, 11) is 0. The topological polar surface area (TPSA) is 78.3 Å². The number of benzene rings is 1. The van der Waals surface area contributed by atoms with E-state index in [1.165, 1.54) is 0 Å². The number of para-hydroxylation sites is 1. The zero-order valence-corrected chi connectivity index (χ0v) is 18.0. The maximum atomic E-state index is 13.4. The monoisotopic (exact) mass is 441 g/mol. The molecule has 0 aliphatic carbocycles. The van der Waals surface area contributed by atoms with Crippen LogP contribution in [0.25, 0.3) is 0 Å². The Morgan fingerprint density at radius 2 is 1.84 bits per heavy atom. The van der Waals surface area contributed by atoms with Crippen molar-refractivity contribution in [2.24, 2.45) is 5.10 Å². The fourth-order valence-corrected chi connectivity index (χ4v) is 4.06. The number of piperazine rings is 1. The molecule has 1 unspecified atom stereocenters. The molecule has 2 aromatic rings. The number of ether oxygens (including phenoxy) is 1. The number of halogens is 1. The van der Waals surface area contributed by atoms with E-state index in [0.717, 1.165) is 11.5 Å². The molecule has 2 aliphatic heterocycles. The van der Waals surface area contributed by atoms with Crippen molar-refractivity contribution >= 4 is 40.7 Å². The highest BCUT2D eigenvalue weighted by molar-refractivity contribution is 6.38. The molecule has 1 fully saturated rings. The summed E-state index contributed by atoms with van der Waals surface area (Å²) in [6.45, 7) is 4.36. The Morgan fingerprint density at radius 3 is 2.52 bits per heavy atom. The lowest BCUT2D eigenvalue weighted by atomic mass is 10.1. The predicted molar refractivity (Wildman–Crippen MR) is 119 cm³/mol. The Morgan fingerprint density at radius 1 is 1.10 bits per heavy atom. The van der Waals surface area contributed by atoms with Gasteiger partial charge in [-0.05, 0) is 31.2 Å². The minimum atomic E-state index is -0.577. The molecule has 1 atom stereocenters. The number of aromatic nitrogens is 1. The van der Waals surface area contributed by atoms with E-state index >= 15 is 0 Å². The van der Waals surface area contributed by atoms with Crippen molar-refractivity contribution in [3.8, 4) is 0 Å². The van der Waals surface area contributed by atoms with Crippen molar-refractivity contribution in [2.75, 3.05) is 42.7 Å². The van der Waals surface area contributed by atoms with Crippen molar-refractivity contribution in [1.29, 1.82) is 0 Å². The molecule has 3 heterocycles. The molecule has 2 aliphatic rings. The normalized spacial score (nSPS) is 18.7. The summed E-state index contributed by atoms with van der Waals surface area (Å²) in [5.41, 5.74) is 1.03. The van der Waals surface area contributed by atoms with Gasteiger partial charge in [0.25, 0.3) is 0 Å². The van der Waals surface area contributed by atoms with E-state index in [0.29, 0.717) is 31.2 Å². The molecule has 9 heteroatoms. The van der Waals surface area contributed by atoms with Gasteiger partial charge in [0.05, 0.1) is 17.3 Å². The van der Waals surface area contributed by atoms with Gasteiger partial charge in [0, 0.05) is 38.8 Å². The largest absolute Gasteiger partial charge is 0.461 e. The minimum Gasteiger partial charge on any atom is -0.461 e. The van der Waals surface area contributed by atoms with Crippen LogP contribution < -0.4 is 9.91 Å². The van der Waals surface area contributed by atoms with Gasteiger partial charge in [-0.1, -0.05) is 29.8 Å². The average molecular weight is 442 g/mol. The molecule has 1 saturated heterocycles. The molecular weight excluding hydrogens is 418 g/mol. The summed E-state index contributed by atoms with van der Waals surface area (Å²) in [6, 6.07) is 12.4. The molecule has 0 N–H and O–H groups in total. The number of hydrazone groups is 1. The summed E-state index contributed by atoms with van der Waals surface area (Å²) in [4.78, 5) is 33.9. The fourth-order valence-electron chi connectivity index (χ4n) is 3.82. The molecule has 162 valence electrons. The van der Waals surface area contributed by atoms with Gasteiger partial charge in [0.1, 0.15) is 17.6 Å². The lowest BCUT2D eigenvalue weighted by molar-refractivity contribution is -0.135. The van der Waals surface area contributed by atoms with Crippen molar-refractivity contribution < 1.29 is 14.3 Å². The van der Waals surface area contributed by atoms with Gasteiger partial charge in [-0.3, -0.25) is 9.80 Å². The number of pyridine rings is 1. The van der Waals surface area contributed by atoms with Crippen molar-refractivity contribution in [3.63, 3.8) is 0 Å². The SMILES string of the molecule is CCOC(=O)C1=NN(c2ccccc2)C(C(=O)N2CCN(c3ncccc3Cl)CC2)C1. The highest BCUT2D eigenvalue weighted by atomic mass is 35.5. The number of hydrogen-bond donors (Lipinski definition) is 0. The Labute approximate surface area is 186 Å². The Bertz CT molecular complexity index is 976. The molecule has 0 bridgehead atoms. The van der Waals surface area contributed by atoms with Crippen molar-refractivity contribution in [2.45, 2.75) is 19.4 Å². The number of esters is 1. The lowest BCUT2D eigenvalue weighted by Gasteiger charge is -2.37. The summed E-state index contributed by atoms with van der Waals surface area (Å²) < 4.78 is 5.11. The number of rotatable bonds is 5. The maximum Gasteiger partial charge on any atom is 0.354 e. The van der Waals surface area contributed by atoms with E-state index < -0.39 is 12.0 Å². The number of carbonyl (C=O) groups is 2. The Balaban J connectivity index is 1.48. The third-order valence-corrected chi connectivity index (χ3v) is 5.65. The molecule has 0 radical (unpaired) electrons. The van der Waals surface area contributed by atoms with Crippen LogP contribution in [-0.4, -0.2) is 66.3 Å². The minimum absolute atomic E-state index is 0.0568. The first kappa shape index (κ1) is 21.1. The van der Waals surface area contributed by atoms with E-state index in [1.54, 1.807) is 24.2 Å². The van der Waals surface area contributed by atoms with Gasteiger partial charge in [-0.25, -0.2) is 9.78 Å². The van der Waals surface area contributed by atoms with Crippen LogP contribution in [0, 0.1) is 0 Å². The fraction of sp³-hybridized carbons (Fsp3) is 0.364. The van der Waals surface area contributed by atoms with Crippen molar-refractivity contribution in [3.05, 3.63) is 53.7 Å². The van der Waals surface area contributed by atoms with E-state index in [-0.39, 0.29) is 24.6 Å². The lowest BCUT2D eigenvalue weighted by Crippen LogP contribution is -2.54. The molecule has 1 amide bonds. The highest BCUT2D eigenvalue weighted by Gasteiger charge is 2.39. The molecule has 8 nitrogen and oxygen atoms in total. The molecule has 1 aromatic heterocycles. The number of hydrogen-bond acceptors (Lipinski definition) is 7. The standard InChI is InChI=1S/C22H24ClN5O3/c1-2-31-22(30)18-15-19(28(25-18)16-7-4-3-5-8-16)21(29)27-13-11-26(12-14-27)20-17(23)9-6-10-24-20/h3-10,19H,2,11-15H2,1H3. The van der Waals surface area contributed by atoms with E-state index in [2.05, 4.69) is 15.0 Å². The number of amides is 1. The summed E-state index contributed by atoms with van der Waals surface area (Å²) >= 11 is 6.27. The quantitative estimate of drug-likeness (QED) is 0.663. The maximum absolute atomic E-state index is 13.4. The zero-order valence-electron chi connectivity index (χ0n) is 17.3. The molecule has 1 aromatic carbocycles. The van der Waals surface area contributed by atoms with Crippen LogP contribution in [0.3, 0.4) is 0 Å². The van der Waals surface area contributed by atoms with Gasteiger partial charge in [-0.2, -0.15) is 5.10 Å². The van der Waals surface area contributed by atoms with Gasteiger partial charge >= 0.3 is 5.97 Å². The summed E-state index contributed by atoms with van der Waals surface area (Å²) in [5.74, 6) is 0.197. The van der Waals surface area contributed by atoms with E-state index in [4.69, 9.17) is 16.3 Å². The van der Waals surface area contributed by atoms with Gasteiger partial charge in [-0.15, -0.1) is 0 Å².